The van der Waals surface area contributed by atoms with Gasteiger partial charge in [0.05, 0.1) is 5.92 Å². The zero-order valence-electron chi connectivity index (χ0n) is 14.5. The number of hydrogen-bond acceptors (Lipinski definition) is 2. The Morgan fingerprint density at radius 1 is 1.08 bits per heavy atom. The molecule has 0 spiro atoms. The molecule has 0 saturated carbocycles. The van der Waals surface area contributed by atoms with Crippen molar-refractivity contribution in [1.82, 2.24) is 4.98 Å². The summed E-state index contributed by atoms with van der Waals surface area (Å²) < 4.78 is 0. The Balaban J connectivity index is 1.88. The number of pyridine rings is 1. The molecular formula is C21H22N2O2. The molecule has 0 aliphatic heterocycles. The summed E-state index contributed by atoms with van der Waals surface area (Å²) in [4.78, 5) is 28.2. The molecule has 0 aliphatic rings. The summed E-state index contributed by atoms with van der Waals surface area (Å²) in [5.41, 5.74) is 3.30. The average molecular weight is 334 g/mol. The van der Waals surface area contributed by atoms with Gasteiger partial charge in [-0.1, -0.05) is 44.2 Å². The van der Waals surface area contributed by atoms with Crippen molar-refractivity contribution in [2.75, 3.05) is 5.32 Å². The monoisotopic (exact) mass is 334 g/mol. The summed E-state index contributed by atoms with van der Waals surface area (Å²) in [6.45, 7) is 3.99. The van der Waals surface area contributed by atoms with Crippen molar-refractivity contribution in [3.63, 3.8) is 0 Å². The molecule has 2 aromatic carbocycles. The van der Waals surface area contributed by atoms with Crippen molar-refractivity contribution in [2.45, 2.75) is 32.6 Å². The smallest absolute Gasteiger partial charge is 0.231 e. The van der Waals surface area contributed by atoms with Crippen LogP contribution in [0.15, 0.2) is 59.4 Å². The maximum Gasteiger partial charge on any atom is 0.231 e. The van der Waals surface area contributed by atoms with Gasteiger partial charge in [-0.2, -0.15) is 0 Å². The third kappa shape index (κ3) is 3.63. The van der Waals surface area contributed by atoms with Crippen LogP contribution in [-0.4, -0.2) is 10.9 Å². The van der Waals surface area contributed by atoms with Gasteiger partial charge in [0.25, 0.3) is 0 Å². The summed E-state index contributed by atoms with van der Waals surface area (Å²) >= 11 is 0. The normalized spacial score (nSPS) is 12.1. The summed E-state index contributed by atoms with van der Waals surface area (Å²) in [6.07, 6.45) is 1.49. The zero-order valence-corrected chi connectivity index (χ0v) is 14.5. The van der Waals surface area contributed by atoms with Crippen LogP contribution in [0.1, 0.15) is 37.4 Å². The van der Waals surface area contributed by atoms with Crippen LogP contribution >= 0.6 is 0 Å². The first-order valence-corrected chi connectivity index (χ1v) is 8.64. The lowest BCUT2D eigenvalue weighted by Crippen LogP contribution is -2.20. The quantitative estimate of drug-likeness (QED) is 0.734. The average Bonchev–Trinajstić information content (AvgIpc) is 2.63. The molecule has 0 aliphatic carbocycles. The standard InChI is InChI=1S/C21H22N2O2/c1-3-15-13-20(24)18-12-16(10-11-19(18)22-15)23-21(25)17(4-2)14-8-6-5-7-9-14/h5-13,17H,3-4H2,1-2H3,(H,22,24)(H,23,25). The lowest BCUT2D eigenvalue weighted by molar-refractivity contribution is -0.117. The van der Waals surface area contributed by atoms with Gasteiger partial charge in [0.1, 0.15) is 0 Å². The minimum atomic E-state index is -0.211. The van der Waals surface area contributed by atoms with Crippen LogP contribution in [0, 0.1) is 0 Å². The number of nitrogens with one attached hydrogen (secondary N) is 2. The van der Waals surface area contributed by atoms with Crippen LogP contribution in [0.5, 0.6) is 0 Å². The van der Waals surface area contributed by atoms with Crippen LogP contribution in [0.25, 0.3) is 10.9 Å². The van der Waals surface area contributed by atoms with Crippen molar-refractivity contribution >= 4 is 22.5 Å². The number of carbonyl (C=O) groups is 1. The van der Waals surface area contributed by atoms with E-state index in [1.807, 2.05) is 56.3 Å². The molecule has 0 bridgehead atoms. The third-order valence-electron chi connectivity index (χ3n) is 4.46. The minimum Gasteiger partial charge on any atom is -0.358 e. The predicted molar refractivity (Wildman–Crippen MR) is 102 cm³/mol. The summed E-state index contributed by atoms with van der Waals surface area (Å²) in [7, 11) is 0. The van der Waals surface area contributed by atoms with Gasteiger partial charge in [0.15, 0.2) is 5.43 Å². The summed E-state index contributed by atoms with van der Waals surface area (Å²) in [6, 6.07) is 16.8. The molecule has 0 saturated heterocycles. The highest BCUT2D eigenvalue weighted by Gasteiger charge is 2.18. The van der Waals surface area contributed by atoms with Crippen LogP contribution in [0.4, 0.5) is 5.69 Å². The number of rotatable bonds is 5. The van der Waals surface area contributed by atoms with Crippen molar-refractivity contribution in [3.05, 3.63) is 76.1 Å². The van der Waals surface area contributed by atoms with Crippen molar-refractivity contribution in [3.8, 4) is 0 Å². The Morgan fingerprint density at radius 3 is 2.52 bits per heavy atom. The fourth-order valence-corrected chi connectivity index (χ4v) is 3.06. The van der Waals surface area contributed by atoms with E-state index in [-0.39, 0.29) is 17.3 Å². The van der Waals surface area contributed by atoms with Gasteiger partial charge < -0.3 is 10.3 Å². The van der Waals surface area contributed by atoms with Gasteiger partial charge in [-0.15, -0.1) is 0 Å². The number of aromatic nitrogens is 1. The van der Waals surface area contributed by atoms with E-state index in [4.69, 9.17) is 0 Å². The molecule has 4 nitrogen and oxygen atoms in total. The van der Waals surface area contributed by atoms with Gasteiger partial charge >= 0.3 is 0 Å². The zero-order chi connectivity index (χ0) is 17.8. The first-order valence-electron chi connectivity index (χ1n) is 8.64. The van der Waals surface area contributed by atoms with E-state index in [0.717, 1.165) is 23.2 Å². The molecule has 1 aromatic heterocycles. The molecule has 4 heteroatoms. The van der Waals surface area contributed by atoms with Crippen LogP contribution in [0.2, 0.25) is 0 Å². The number of fused-ring (bicyclic) bond motifs is 1. The second-order valence-corrected chi connectivity index (χ2v) is 6.13. The van der Waals surface area contributed by atoms with Gasteiger partial charge in [0, 0.05) is 28.4 Å². The van der Waals surface area contributed by atoms with Gasteiger partial charge in [-0.3, -0.25) is 9.59 Å². The van der Waals surface area contributed by atoms with E-state index < -0.39 is 0 Å². The molecule has 3 rings (SSSR count). The van der Waals surface area contributed by atoms with Crippen molar-refractivity contribution < 1.29 is 4.79 Å². The highest BCUT2D eigenvalue weighted by Crippen LogP contribution is 2.22. The highest BCUT2D eigenvalue weighted by atomic mass is 16.1. The topological polar surface area (TPSA) is 62.0 Å². The van der Waals surface area contributed by atoms with E-state index in [9.17, 15) is 9.59 Å². The van der Waals surface area contributed by atoms with Crippen molar-refractivity contribution in [2.24, 2.45) is 0 Å². The fourth-order valence-electron chi connectivity index (χ4n) is 3.06. The number of hydrogen-bond donors (Lipinski definition) is 2. The Kier molecular flexibility index (Phi) is 4.98. The maximum atomic E-state index is 12.7. The third-order valence-corrected chi connectivity index (χ3v) is 4.46. The molecule has 0 radical (unpaired) electrons. The van der Waals surface area contributed by atoms with E-state index >= 15 is 0 Å². The first kappa shape index (κ1) is 17.0. The molecular weight excluding hydrogens is 312 g/mol. The van der Waals surface area contributed by atoms with Crippen molar-refractivity contribution in [1.29, 1.82) is 0 Å². The lowest BCUT2D eigenvalue weighted by Gasteiger charge is -2.15. The molecule has 3 aromatic rings. The molecule has 128 valence electrons. The largest absolute Gasteiger partial charge is 0.358 e. The first-order chi connectivity index (χ1) is 12.1. The van der Waals surface area contributed by atoms with E-state index in [1.165, 1.54) is 0 Å². The molecule has 1 unspecified atom stereocenters. The molecule has 1 amide bonds. The number of H-pyrrole nitrogens is 1. The lowest BCUT2D eigenvalue weighted by atomic mass is 9.95. The van der Waals surface area contributed by atoms with Gasteiger partial charge in [0.2, 0.25) is 5.91 Å². The Hall–Kier alpha value is -2.88. The Morgan fingerprint density at radius 2 is 1.84 bits per heavy atom. The number of amides is 1. The SMILES string of the molecule is CCc1cc(=O)c2cc(NC(=O)C(CC)c3ccccc3)ccc2[nH]1. The molecule has 2 N–H and O–H groups in total. The molecule has 1 atom stereocenters. The van der Waals surface area contributed by atoms with E-state index in [0.29, 0.717) is 17.5 Å². The molecule has 0 fully saturated rings. The van der Waals surface area contributed by atoms with E-state index in [1.54, 1.807) is 12.1 Å². The molecule has 1 heterocycles. The maximum absolute atomic E-state index is 12.7. The second kappa shape index (κ2) is 7.34. The van der Waals surface area contributed by atoms with Gasteiger partial charge in [-0.25, -0.2) is 0 Å². The van der Waals surface area contributed by atoms with Crippen LogP contribution < -0.4 is 10.7 Å². The number of aryl methyl sites for hydroxylation is 1. The van der Waals surface area contributed by atoms with E-state index in [2.05, 4.69) is 10.3 Å². The highest BCUT2D eigenvalue weighted by molar-refractivity contribution is 5.97. The summed E-state index contributed by atoms with van der Waals surface area (Å²) in [5.74, 6) is -0.271. The molecule has 25 heavy (non-hydrogen) atoms. The second-order valence-electron chi connectivity index (χ2n) is 6.13. The summed E-state index contributed by atoms with van der Waals surface area (Å²) in [5, 5.41) is 3.53. The Bertz CT molecular complexity index is 945. The number of aromatic amines is 1. The number of carbonyl (C=O) groups excluding carboxylic acids is 1. The van der Waals surface area contributed by atoms with Gasteiger partial charge in [-0.05, 0) is 36.6 Å². The Labute approximate surface area is 146 Å². The van der Waals surface area contributed by atoms with Crippen LogP contribution in [0.3, 0.4) is 0 Å². The number of benzene rings is 2. The fraction of sp³-hybridized carbons (Fsp3) is 0.238. The minimum absolute atomic E-state index is 0.0307. The predicted octanol–water partition coefficient (Wildman–Crippen LogP) is 4.22. The number of anilines is 1. The van der Waals surface area contributed by atoms with Crippen LogP contribution in [-0.2, 0) is 11.2 Å².